The largest absolute Gasteiger partial charge is 0.243 e. The van der Waals surface area contributed by atoms with Gasteiger partial charge in [-0.05, 0) is 47.0 Å². The zero-order valence-electron chi connectivity index (χ0n) is 9.05. The SMILES string of the molecule is CCCNS(=O)(=O)c1cc(C)cc(Br)c1F. The molecule has 0 heterocycles. The van der Waals surface area contributed by atoms with E-state index in [-0.39, 0.29) is 9.37 Å². The van der Waals surface area contributed by atoms with E-state index in [0.29, 0.717) is 18.5 Å². The number of halogens is 2. The minimum Gasteiger partial charge on any atom is -0.211 e. The molecule has 0 fully saturated rings. The van der Waals surface area contributed by atoms with Crippen LogP contribution in [0.25, 0.3) is 0 Å². The first-order valence-electron chi connectivity index (χ1n) is 4.83. The first-order valence-corrected chi connectivity index (χ1v) is 7.11. The van der Waals surface area contributed by atoms with Gasteiger partial charge in [0.15, 0.2) is 5.82 Å². The maximum absolute atomic E-state index is 13.6. The Labute approximate surface area is 103 Å². The van der Waals surface area contributed by atoms with Crippen LogP contribution in [0.4, 0.5) is 4.39 Å². The summed E-state index contributed by atoms with van der Waals surface area (Å²) in [6.45, 7) is 3.85. The molecule has 0 spiro atoms. The molecular formula is C10H13BrFNO2S. The molecular weight excluding hydrogens is 297 g/mol. The molecule has 0 amide bonds. The molecule has 6 heteroatoms. The monoisotopic (exact) mass is 309 g/mol. The van der Waals surface area contributed by atoms with Crippen LogP contribution in [-0.4, -0.2) is 15.0 Å². The smallest absolute Gasteiger partial charge is 0.211 e. The standard InChI is InChI=1S/C10H13BrFNO2S/c1-3-4-13-16(14,15)9-6-7(2)5-8(11)10(9)12/h5-6,13H,3-4H2,1-2H3. The van der Waals surface area contributed by atoms with E-state index in [1.807, 2.05) is 6.92 Å². The van der Waals surface area contributed by atoms with Gasteiger partial charge in [-0.1, -0.05) is 6.92 Å². The molecule has 0 atom stereocenters. The average molecular weight is 310 g/mol. The normalized spacial score (nSPS) is 11.8. The van der Waals surface area contributed by atoms with Gasteiger partial charge in [0.25, 0.3) is 0 Å². The van der Waals surface area contributed by atoms with Crippen molar-refractivity contribution in [3.8, 4) is 0 Å². The highest BCUT2D eigenvalue weighted by Gasteiger charge is 2.20. The van der Waals surface area contributed by atoms with Gasteiger partial charge in [0.1, 0.15) is 4.90 Å². The van der Waals surface area contributed by atoms with Crippen LogP contribution in [0.1, 0.15) is 18.9 Å². The Hall–Kier alpha value is -0.460. The van der Waals surface area contributed by atoms with Crippen LogP contribution in [0.2, 0.25) is 0 Å². The third kappa shape index (κ3) is 3.02. The summed E-state index contributed by atoms with van der Waals surface area (Å²) in [5.41, 5.74) is 0.685. The van der Waals surface area contributed by atoms with Crippen molar-refractivity contribution in [1.82, 2.24) is 4.72 Å². The second-order valence-corrected chi connectivity index (χ2v) is 6.05. The van der Waals surface area contributed by atoms with Crippen LogP contribution >= 0.6 is 15.9 Å². The molecule has 0 saturated carbocycles. The van der Waals surface area contributed by atoms with E-state index in [9.17, 15) is 12.8 Å². The average Bonchev–Trinajstić information content (AvgIpc) is 2.20. The van der Waals surface area contributed by atoms with E-state index < -0.39 is 15.8 Å². The Morgan fingerprint density at radius 2 is 2.06 bits per heavy atom. The summed E-state index contributed by atoms with van der Waals surface area (Å²) in [5, 5.41) is 0. The van der Waals surface area contributed by atoms with Crippen LogP contribution in [0.3, 0.4) is 0 Å². The number of nitrogens with one attached hydrogen (secondary N) is 1. The molecule has 1 N–H and O–H groups in total. The molecule has 1 aromatic rings. The van der Waals surface area contributed by atoms with Crippen molar-refractivity contribution in [3.63, 3.8) is 0 Å². The summed E-state index contributed by atoms with van der Waals surface area (Å²) in [7, 11) is -3.75. The lowest BCUT2D eigenvalue weighted by Gasteiger charge is -2.08. The summed E-state index contributed by atoms with van der Waals surface area (Å²) in [6, 6.07) is 2.85. The van der Waals surface area contributed by atoms with E-state index in [2.05, 4.69) is 20.7 Å². The van der Waals surface area contributed by atoms with E-state index in [1.165, 1.54) is 12.1 Å². The van der Waals surface area contributed by atoms with Gasteiger partial charge < -0.3 is 0 Å². The lowest BCUT2D eigenvalue weighted by Crippen LogP contribution is -2.25. The zero-order valence-corrected chi connectivity index (χ0v) is 11.5. The van der Waals surface area contributed by atoms with Gasteiger partial charge in [0.2, 0.25) is 10.0 Å². The van der Waals surface area contributed by atoms with Crippen molar-refractivity contribution in [2.24, 2.45) is 0 Å². The van der Waals surface area contributed by atoms with Gasteiger partial charge in [-0.2, -0.15) is 0 Å². The molecule has 90 valence electrons. The Bertz CT molecular complexity index is 488. The molecule has 0 aliphatic rings. The van der Waals surface area contributed by atoms with Crippen LogP contribution in [0, 0.1) is 12.7 Å². The lowest BCUT2D eigenvalue weighted by atomic mass is 10.2. The maximum Gasteiger partial charge on any atom is 0.243 e. The third-order valence-corrected chi connectivity index (χ3v) is 4.01. The molecule has 1 rings (SSSR count). The van der Waals surface area contributed by atoms with Gasteiger partial charge in [-0.3, -0.25) is 0 Å². The number of hydrogen-bond donors (Lipinski definition) is 1. The summed E-state index contributed by atoms with van der Waals surface area (Å²) < 4.78 is 39.6. The third-order valence-electron chi connectivity index (χ3n) is 1.97. The number of sulfonamides is 1. The predicted molar refractivity (Wildman–Crippen MR) is 64.3 cm³/mol. The van der Waals surface area contributed by atoms with Crippen molar-refractivity contribution in [3.05, 3.63) is 28.0 Å². The van der Waals surface area contributed by atoms with Gasteiger partial charge >= 0.3 is 0 Å². The van der Waals surface area contributed by atoms with Crippen molar-refractivity contribution in [1.29, 1.82) is 0 Å². The predicted octanol–water partition coefficient (Wildman–Crippen LogP) is 2.58. The van der Waals surface area contributed by atoms with Crippen molar-refractivity contribution in [2.45, 2.75) is 25.2 Å². The number of aryl methyl sites for hydroxylation is 1. The van der Waals surface area contributed by atoms with E-state index in [4.69, 9.17) is 0 Å². The molecule has 0 bridgehead atoms. The number of hydrogen-bond acceptors (Lipinski definition) is 2. The molecule has 0 aromatic heterocycles. The fourth-order valence-electron chi connectivity index (χ4n) is 1.20. The van der Waals surface area contributed by atoms with Crippen LogP contribution in [0.5, 0.6) is 0 Å². The lowest BCUT2D eigenvalue weighted by molar-refractivity contribution is 0.553. The van der Waals surface area contributed by atoms with Crippen molar-refractivity contribution >= 4 is 26.0 Å². The molecule has 1 aromatic carbocycles. The Balaban J connectivity index is 3.22. The number of rotatable bonds is 4. The second-order valence-electron chi connectivity index (χ2n) is 3.46. The van der Waals surface area contributed by atoms with Crippen LogP contribution in [-0.2, 0) is 10.0 Å². The summed E-state index contributed by atoms with van der Waals surface area (Å²) in [6.07, 6.45) is 0.661. The van der Waals surface area contributed by atoms with Gasteiger partial charge in [-0.25, -0.2) is 17.5 Å². The Kier molecular flexibility index (Phi) is 4.46. The van der Waals surface area contributed by atoms with E-state index in [0.717, 1.165) is 0 Å². The maximum atomic E-state index is 13.6. The highest BCUT2D eigenvalue weighted by Crippen LogP contribution is 2.24. The Morgan fingerprint density at radius 3 is 2.62 bits per heavy atom. The molecule has 0 unspecified atom stereocenters. The second kappa shape index (κ2) is 5.25. The molecule has 0 saturated heterocycles. The fourth-order valence-corrected chi connectivity index (χ4v) is 3.22. The summed E-state index contributed by atoms with van der Waals surface area (Å²) in [4.78, 5) is -0.312. The fraction of sp³-hybridized carbons (Fsp3) is 0.400. The highest BCUT2D eigenvalue weighted by molar-refractivity contribution is 9.10. The molecule has 0 aliphatic carbocycles. The van der Waals surface area contributed by atoms with Crippen LogP contribution in [0.15, 0.2) is 21.5 Å². The zero-order chi connectivity index (χ0) is 12.3. The minimum atomic E-state index is -3.75. The molecule has 0 radical (unpaired) electrons. The number of benzene rings is 1. The van der Waals surface area contributed by atoms with Gasteiger partial charge in [0.05, 0.1) is 4.47 Å². The van der Waals surface area contributed by atoms with Crippen molar-refractivity contribution in [2.75, 3.05) is 6.54 Å². The van der Waals surface area contributed by atoms with Gasteiger partial charge in [-0.15, -0.1) is 0 Å². The van der Waals surface area contributed by atoms with Crippen LogP contribution < -0.4 is 4.72 Å². The highest BCUT2D eigenvalue weighted by atomic mass is 79.9. The van der Waals surface area contributed by atoms with E-state index >= 15 is 0 Å². The van der Waals surface area contributed by atoms with E-state index in [1.54, 1.807) is 6.92 Å². The molecule has 0 aliphatic heterocycles. The van der Waals surface area contributed by atoms with Crippen molar-refractivity contribution < 1.29 is 12.8 Å². The quantitative estimate of drug-likeness (QED) is 0.929. The summed E-state index contributed by atoms with van der Waals surface area (Å²) >= 11 is 2.99. The topological polar surface area (TPSA) is 46.2 Å². The minimum absolute atomic E-state index is 0.157. The molecule has 3 nitrogen and oxygen atoms in total. The first-order chi connectivity index (χ1) is 7.38. The Morgan fingerprint density at radius 1 is 1.44 bits per heavy atom. The summed E-state index contributed by atoms with van der Waals surface area (Å²) in [5.74, 6) is -0.755. The molecule has 16 heavy (non-hydrogen) atoms. The van der Waals surface area contributed by atoms with Gasteiger partial charge in [0, 0.05) is 6.54 Å². The first kappa shape index (κ1) is 13.6.